The molecule has 0 saturated carbocycles. The number of nitrogens with one attached hydrogen (secondary N) is 1. The highest BCUT2D eigenvalue weighted by atomic mass is 35.5. The van der Waals surface area contributed by atoms with Gasteiger partial charge in [-0.05, 0) is 14.0 Å². The minimum Gasteiger partial charge on any atom is -0.366 e. The summed E-state index contributed by atoms with van der Waals surface area (Å²) in [6, 6.07) is 1.70. The van der Waals surface area contributed by atoms with E-state index in [0.29, 0.717) is 37.4 Å². The molecule has 1 N–H and O–H groups in total. The molecule has 5 nitrogen and oxygen atoms in total. The van der Waals surface area contributed by atoms with Crippen LogP contribution in [0, 0.1) is 18.3 Å². The lowest BCUT2D eigenvalue weighted by Crippen LogP contribution is -2.45. The summed E-state index contributed by atoms with van der Waals surface area (Å²) < 4.78 is 40.3. The summed E-state index contributed by atoms with van der Waals surface area (Å²) in [5, 5.41) is 9.56. The first kappa shape index (κ1) is 16.9. The van der Waals surface area contributed by atoms with Crippen LogP contribution in [0.3, 0.4) is 0 Å². The smallest absolute Gasteiger partial charge is 0.366 e. The molecule has 1 saturated heterocycles. The van der Waals surface area contributed by atoms with Gasteiger partial charge in [0.25, 0.3) is 0 Å². The quantitative estimate of drug-likeness (QED) is 0.851. The number of fused-ring (bicyclic) bond motifs is 1. The standard InChI is InChI=1S/C15H15ClF3N5/c1-8-10(16)11-12(21-8)13(24-5-3-23(2)4-6-24)9(7-20)14(22-11)15(17,18)19/h21H,3-6H2,1-2H3. The zero-order valence-electron chi connectivity index (χ0n) is 13.1. The van der Waals surface area contributed by atoms with Crippen LogP contribution in [0.4, 0.5) is 18.9 Å². The second-order valence-electron chi connectivity index (χ2n) is 5.87. The minimum atomic E-state index is -4.73. The summed E-state index contributed by atoms with van der Waals surface area (Å²) in [5.74, 6) is 0. The molecule has 1 aliphatic heterocycles. The molecule has 0 bridgehead atoms. The number of rotatable bonds is 1. The molecule has 128 valence electrons. The predicted molar refractivity (Wildman–Crippen MR) is 85.3 cm³/mol. The third-order valence-corrected chi connectivity index (χ3v) is 4.68. The molecule has 9 heteroatoms. The number of piperazine rings is 1. The van der Waals surface area contributed by atoms with Gasteiger partial charge in [0, 0.05) is 31.9 Å². The van der Waals surface area contributed by atoms with Gasteiger partial charge in [-0.15, -0.1) is 0 Å². The number of hydrogen-bond acceptors (Lipinski definition) is 4. The highest BCUT2D eigenvalue weighted by Gasteiger charge is 2.39. The molecule has 0 amide bonds. The summed E-state index contributed by atoms with van der Waals surface area (Å²) in [4.78, 5) is 10.5. The summed E-state index contributed by atoms with van der Waals surface area (Å²) in [6.07, 6.45) is -4.73. The Labute approximate surface area is 141 Å². The number of aromatic nitrogens is 2. The zero-order valence-corrected chi connectivity index (χ0v) is 13.9. The average molecular weight is 358 g/mol. The maximum atomic E-state index is 13.4. The molecule has 0 aromatic carbocycles. The maximum absolute atomic E-state index is 13.4. The normalized spacial score (nSPS) is 16.6. The van der Waals surface area contributed by atoms with Crippen molar-refractivity contribution < 1.29 is 13.2 Å². The minimum absolute atomic E-state index is 0.0504. The number of halogens is 4. The molecular weight excluding hydrogens is 343 g/mol. The Bertz CT molecular complexity index is 828. The van der Waals surface area contributed by atoms with Crippen LogP contribution < -0.4 is 4.90 Å². The van der Waals surface area contributed by atoms with E-state index in [0.717, 1.165) is 0 Å². The largest absolute Gasteiger partial charge is 0.434 e. The summed E-state index contributed by atoms with van der Waals surface area (Å²) >= 11 is 6.12. The summed E-state index contributed by atoms with van der Waals surface area (Å²) in [5.41, 5.74) is -0.457. The third kappa shape index (κ3) is 2.68. The van der Waals surface area contributed by atoms with E-state index >= 15 is 0 Å². The van der Waals surface area contributed by atoms with Gasteiger partial charge in [-0.2, -0.15) is 18.4 Å². The van der Waals surface area contributed by atoms with Crippen molar-refractivity contribution in [2.45, 2.75) is 13.1 Å². The number of aromatic amines is 1. The van der Waals surface area contributed by atoms with Crippen molar-refractivity contribution in [2.24, 2.45) is 0 Å². The van der Waals surface area contributed by atoms with Crippen molar-refractivity contribution in [1.29, 1.82) is 5.26 Å². The number of H-pyrrole nitrogens is 1. The molecule has 3 rings (SSSR count). The molecule has 2 aromatic rings. The van der Waals surface area contributed by atoms with Gasteiger partial charge in [0.15, 0.2) is 5.69 Å². The van der Waals surface area contributed by atoms with Crippen LogP contribution in [0.25, 0.3) is 11.0 Å². The second-order valence-corrected chi connectivity index (χ2v) is 6.25. The fraction of sp³-hybridized carbons (Fsp3) is 0.467. The van der Waals surface area contributed by atoms with Crippen LogP contribution in [-0.4, -0.2) is 48.1 Å². The molecule has 2 aromatic heterocycles. The Morgan fingerprint density at radius 3 is 2.42 bits per heavy atom. The number of aryl methyl sites for hydroxylation is 1. The first-order chi connectivity index (χ1) is 11.2. The highest BCUT2D eigenvalue weighted by molar-refractivity contribution is 6.36. The van der Waals surface area contributed by atoms with Crippen molar-refractivity contribution in [3.63, 3.8) is 0 Å². The summed E-state index contributed by atoms with van der Waals surface area (Å²) in [7, 11) is 1.95. The average Bonchev–Trinajstić information content (AvgIpc) is 2.80. The number of nitrogens with zero attached hydrogens (tertiary/aromatic N) is 4. The Balaban J connectivity index is 2.32. The molecule has 24 heavy (non-hydrogen) atoms. The van der Waals surface area contributed by atoms with Crippen molar-refractivity contribution in [2.75, 3.05) is 38.1 Å². The maximum Gasteiger partial charge on any atom is 0.434 e. The molecule has 0 unspecified atom stereocenters. The van der Waals surface area contributed by atoms with E-state index in [1.165, 1.54) is 0 Å². The molecule has 0 radical (unpaired) electrons. The first-order valence-corrected chi connectivity index (χ1v) is 7.74. The molecule has 0 spiro atoms. The number of hydrogen-bond donors (Lipinski definition) is 1. The zero-order chi connectivity index (χ0) is 17.6. The van der Waals surface area contributed by atoms with Gasteiger partial charge < -0.3 is 14.8 Å². The number of pyridine rings is 1. The fourth-order valence-electron chi connectivity index (χ4n) is 2.93. The van der Waals surface area contributed by atoms with Crippen LogP contribution in [-0.2, 0) is 6.18 Å². The van der Waals surface area contributed by atoms with E-state index < -0.39 is 17.4 Å². The van der Waals surface area contributed by atoms with Gasteiger partial charge in [-0.1, -0.05) is 11.6 Å². The van der Waals surface area contributed by atoms with Crippen LogP contribution in [0.1, 0.15) is 17.0 Å². The number of alkyl halides is 3. The van der Waals surface area contributed by atoms with Crippen molar-refractivity contribution >= 4 is 28.3 Å². The van der Waals surface area contributed by atoms with E-state index in [2.05, 4.69) is 14.9 Å². The molecular formula is C15H15ClF3N5. The van der Waals surface area contributed by atoms with Gasteiger partial charge in [0.1, 0.15) is 17.1 Å². The van der Waals surface area contributed by atoms with E-state index in [9.17, 15) is 18.4 Å². The van der Waals surface area contributed by atoms with Crippen LogP contribution in [0.15, 0.2) is 0 Å². The van der Waals surface area contributed by atoms with Crippen LogP contribution >= 0.6 is 11.6 Å². The van der Waals surface area contributed by atoms with E-state index in [1.807, 2.05) is 7.05 Å². The van der Waals surface area contributed by atoms with Crippen molar-refractivity contribution in [3.05, 3.63) is 22.0 Å². The van der Waals surface area contributed by atoms with Crippen LogP contribution in [0.2, 0.25) is 5.02 Å². The van der Waals surface area contributed by atoms with Gasteiger partial charge in [-0.3, -0.25) is 0 Å². The van der Waals surface area contributed by atoms with Gasteiger partial charge >= 0.3 is 6.18 Å². The van der Waals surface area contributed by atoms with E-state index in [-0.39, 0.29) is 16.2 Å². The second kappa shape index (κ2) is 5.83. The fourth-order valence-corrected chi connectivity index (χ4v) is 3.11. The SMILES string of the molecule is Cc1[nH]c2c(N3CCN(C)CC3)c(C#N)c(C(F)(F)F)nc2c1Cl. The Morgan fingerprint density at radius 1 is 1.25 bits per heavy atom. The Hall–Kier alpha value is -1.98. The predicted octanol–water partition coefficient (Wildman–Crippen LogP) is 3.17. The topological polar surface area (TPSA) is 59.0 Å². The first-order valence-electron chi connectivity index (χ1n) is 7.36. The molecule has 0 atom stereocenters. The van der Waals surface area contributed by atoms with Crippen molar-refractivity contribution in [1.82, 2.24) is 14.9 Å². The van der Waals surface area contributed by atoms with Crippen molar-refractivity contribution in [3.8, 4) is 6.07 Å². The highest BCUT2D eigenvalue weighted by Crippen LogP contribution is 2.41. The molecule has 1 fully saturated rings. The van der Waals surface area contributed by atoms with E-state index in [4.69, 9.17) is 11.6 Å². The third-order valence-electron chi connectivity index (χ3n) is 4.22. The summed E-state index contributed by atoms with van der Waals surface area (Å²) in [6.45, 7) is 4.11. The Kier molecular flexibility index (Phi) is 4.10. The van der Waals surface area contributed by atoms with Gasteiger partial charge in [0.2, 0.25) is 0 Å². The molecule has 0 aliphatic carbocycles. The lowest BCUT2D eigenvalue weighted by Gasteiger charge is -2.35. The molecule has 3 heterocycles. The number of nitriles is 1. The molecule has 1 aliphatic rings. The number of anilines is 1. The van der Waals surface area contributed by atoms with E-state index in [1.54, 1.807) is 17.9 Å². The monoisotopic (exact) mass is 357 g/mol. The number of likely N-dealkylation sites (N-methyl/N-ethyl adjacent to an activating group) is 1. The van der Waals surface area contributed by atoms with Gasteiger partial charge in [0.05, 0.1) is 16.2 Å². The van der Waals surface area contributed by atoms with Gasteiger partial charge in [-0.25, -0.2) is 4.98 Å². The lowest BCUT2D eigenvalue weighted by molar-refractivity contribution is -0.141. The lowest BCUT2D eigenvalue weighted by atomic mass is 10.1. The Morgan fingerprint density at radius 2 is 1.88 bits per heavy atom. The van der Waals surface area contributed by atoms with Crippen LogP contribution in [0.5, 0.6) is 0 Å².